The van der Waals surface area contributed by atoms with E-state index in [1.165, 1.54) is 19.2 Å². The van der Waals surface area contributed by atoms with Gasteiger partial charge >= 0.3 is 5.97 Å². The van der Waals surface area contributed by atoms with Gasteiger partial charge in [-0.05, 0) is 42.7 Å². The summed E-state index contributed by atoms with van der Waals surface area (Å²) in [6.07, 6.45) is 1.26. The van der Waals surface area contributed by atoms with Crippen molar-refractivity contribution < 1.29 is 18.7 Å². The molecule has 150 valence electrons. The standard InChI is InChI=1S/C22H22FN3O3/c1-29-22(28)19-5-3-2-4-16(19)14-25-21(27)15-8-10-26(11-9-15)20-7-6-18(23)12-17(20)13-24/h2-7,12,15H,8-11,14H2,1H3,(H,25,27). The van der Waals surface area contributed by atoms with E-state index in [4.69, 9.17) is 4.74 Å². The maximum Gasteiger partial charge on any atom is 0.338 e. The van der Waals surface area contributed by atoms with Crippen molar-refractivity contribution in [1.82, 2.24) is 5.32 Å². The third kappa shape index (κ3) is 4.72. The summed E-state index contributed by atoms with van der Waals surface area (Å²) in [4.78, 5) is 26.4. The fourth-order valence-electron chi connectivity index (χ4n) is 3.57. The van der Waals surface area contributed by atoms with Crippen LogP contribution in [0.25, 0.3) is 0 Å². The monoisotopic (exact) mass is 395 g/mol. The molecule has 6 nitrogen and oxygen atoms in total. The Morgan fingerprint density at radius 3 is 2.66 bits per heavy atom. The van der Waals surface area contributed by atoms with Crippen molar-refractivity contribution >= 4 is 17.6 Å². The molecule has 1 saturated heterocycles. The number of halogens is 1. The summed E-state index contributed by atoms with van der Waals surface area (Å²) in [7, 11) is 1.32. The number of nitrogens with one attached hydrogen (secondary N) is 1. The van der Waals surface area contributed by atoms with Crippen molar-refractivity contribution in [3.8, 4) is 6.07 Å². The molecule has 0 saturated carbocycles. The van der Waals surface area contributed by atoms with E-state index in [0.717, 1.165) is 0 Å². The van der Waals surface area contributed by atoms with Crippen molar-refractivity contribution in [3.05, 3.63) is 65.0 Å². The number of hydrogen-bond donors (Lipinski definition) is 1. The van der Waals surface area contributed by atoms with Gasteiger partial charge in [0.05, 0.1) is 23.9 Å². The molecule has 2 aromatic rings. The predicted molar refractivity (Wildman–Crippen MR) is 106 cm³/mol. The molecule has 0 aromatic heterocycles. The van der Waals surface area contributed by atoms with Crippen LogP contribution < -0.4 is 10.2 Å². The Bertz CT molecular complexity index is 947. The molecule has 0 aliphatic carbocycles. The highest BCUT2D eigenvalue weighted by Crippen LogP contribution is 2.27. The van der Waals surface area contributed by atoms with Crippen molar-refractivity contribution in [2.24, 2.45) is 5.92 Å². The molecule has 0 bridgehead atoms. The molecule has 3 rings (SSSR count). The van der Waals surface area contributed by atoms with Crippen LogP contribution in [0.4, 0.5) is 10.1 Å². The zero-order valence-corrected chi connectivity index (χ0v) is 16.2. The van der Waals surface area contributed by atoms with E-state index >= 15 is 0 Å². The molecule has 0 unspecified atom stereocenters. The summed E-state index contributed by atoms with van der Waals surface area (Å²) in [5, 5.41) is 12.1. The highest BCUT2D eigenvalue weighted by molar-refractivity contribution is 5.91. The fraction of sp³-hybridized carbons (Fsp3) is 0.318. The molecule has 1 N–H and O–H groups in total. The number of nitrogens with zero attached hydrogens (tertiary/aromatic N) is 2. The average Bonchev–Trinajstić information content (AvgIpc) is 2.77. The van der Waals surface area contributed by atoms with Crippen LogP contribution >= 0.6 is 0 Å². The number of ether oxygens (including phenoxy) is 1. The molecule has 1 aliphatic heterocycles. The van der Waals surface area contributed by atoms with Crippen LogP contribution in [0.1, 0.15) is 34.3 Å². The Morgan fingerprint density at radius 2 is 1.97 bits per heavy atom. The molecule has 2 aromatic carbocycles. The van der Waals surface area contributed by atoms with Crippen LogP contribution in [0, 0.1) is 23.1 Å². The first-order valence-corrected chi connectivity index (χ1v) is 9.42. The van der Waals surface area contributed by atoms with Crippen LogP contribution in [-0.2, 0) is 16.1 Å². The third-order valence-corrected chi connectivity index (χ3v) is 5.16. The van der Waals surface area contributed by atoms with E-state index in [0.29, 0.717) is 48.3 Å². The summed E-state index contributed by atoms with van der Waals surface area (Å²) in [5.41, 5.74) is 2.13. The molecule has 1 heterocycles. The Balaban J connectivity index is 1.58. The van der Waals surface area contributed by atoms with Gasteiger partial charge in [0.15, 0.2) is 0 Å². The van der Waals surface area contributed by atoms with Gasteiger partial charge in [-0.1, -0.05) is 18.2 Å². The number of anilines is 1. The van der Waals surface area contributed by atoms with E-state index in [2.05, 4.69) is 5.32 Å². The summed E-state index contributed by atoms with van der Waals surface area (Å²) in [6, 6.07) is 13.2. The molecular weight excluding hydrogens is 373 g/mol. The lowest BCUT2D eigenvalue weighted by Crippen LogP contribution is -2.40. The Kier molecular flexibility index (Phi) is 6.45. The van der Waals surface area contributed by atoms with Gasteiger partial charge in [0.25, 0.3) is 0 Å². The Morgan fingerprint density at radius 1 is 1.24 bits per heavy atom. The second-order valence-corrected chi connectivity index (χ2v) is 6.90. The van der Waals surface area contributed by atoms with Crippen molar-refractivity contribution in [3.63, 3.8) is 0 Å². The van der Waals surface area contributed by atoms with Gasteiger partial charge in [-0.3, -0.25) is 4.79 Å². The minimum absolute atomic E-state index is 0.0658. The van der Waals surface area contributed by atoms with Gasteiger partial charge in [-0.2, -0.15) is 5.26 Å². The number of esters is 1. The zero-order chi connectivity index (χ0) is 20.8. The van der Waals surface area contributed by atoms with Crippen molar-refractivity contribution in [1.29, 1.82) is 5.26 Å². The summed E-state index contributed by atoms with van der Waals surface area (Å²) in [5.74, 6) is -1.09. The number of benzene rings is 2. The minimum Gasteiger partial charge on any atom is -0.465 e. The molecule has 0 atom stereocenters. The number of carbonyl (C=O) groups excluding carboxylic acids is 2. The maximum atomic E-state index is 13.3. The van der Waals surface area contributed by atoms with Gasteiger partial charge in [0.1, 0.15) is 11.9 Å². The van der Waals surface area contributed by atoms with E-state index in [9.17, 15) is 19.2 Å². The maximum absolute atomic E-state index is 13.3. The first kappa shape index (κ1) is 20.3. The SMILES string of the molecule is COC(=O)c1ccccc1CNC(=O)C1CCN(c2ccc(F)cc2C#N)CC1. The van der Waals surface area contributed by atoms with Gasteiger partial charge in [0, 0.05) is 25.6 Å². The number of hydrogen-bond acceptors (Lipinski definition) is 5. The first-order valence-electron chi connectivity index (χ1n) is 9.42. The lowest BCUT2D eigenvalue weighted by molar-refractivity contribution is -0.125. The second kappa shape index (κ2) is 9.20. The molecular formula is C22H22FN3O3. The smallest absolute Gasteiger partial charge is 0.338 e. The third-order valence-electron chi connectivity index (χ3n) is 5.16. The predicted octanol–water partition coefficient (Wildman–Crippen LogP) is 3.02. The van der Waals surface area contributed by atoms with E-state index in [1.54, 1.807) is 24.3 Å². The van der Waals surface area contributed by atoms with Gasteiger partial charge in [0.2, 0.25) is 5.91 Å². The van der Waals surface area contributed by atoms with E-state index < -0.39 is 11.8 Å². The minimum atomic E-state index is -0.438. The second-order valence-electron chi connectivity index (χ2n) is 6.90. The van der Waals surface area contributed by atoms with Crippen LogP contribution in [0.5, 0.6) is 0 Å². The Hall–Kier alpha value is -3.40. The number of nitriles is 1. The number of amides is 1. The van der Waals surface area contributed by atoms with Gasteiger partial charge in [-0.15, -0.1) is 0 Å². The normalized spacial score (nSPS) is 14.2. The quantitative estimate of drug-likeness (QED) is 0.787. The van der Waals surface area contributed by atoms with Crippen molar-refractivity contribution in [2.45, 2.75) is 19.4 Å². The largest absolute Gasteiger partial charge is 0.465 e. The highest BCUT2D eigenvalue weighted by Gasteiger charge is 2.26. The van der Waals surface area contributed by atoms with E-state index in [1.807, 2.05) is 17.0 Å². The molecule has 7 heteroatoms. The van der Waals surface area contributed by atoms with Gasteiger partial charge < -0.3 is 15.0 Å². The molecule has 0 radical (unpaired) electrons. The molecule has 1 fully saturated rings. The van der Waals surface area contributed by atoms with Crippen LogP contribution in [-0.4, -0.2) is 32.1 Å². The topological polar surface area (TPSA) is 82.4 Å². The molecule has 0 spiro atoms. The molecule has 29 heavy (non-hydrogen) atoms. The molecule has 1 amide bonds. The summed E-state index contributed by atoms with van der Waals surface area (Å²) < 4.78 is 18.1. The van der Waals surface area contributed by atoms with Crippen LogP contribution in [0.2, 0.25) is 0 Å². The summed E-state index contributed by atoms with van der Waals surface area (Å²) >= 11 is 0. The highest BCUT2D eigenvalue weighted by atomic mass is 19.1. The Labute approximate surface area is 168 Å². The summed E-state index contributed by atoms with van der Waals surface area (Å²) in [6.45, 7) is 1.47. The first-order chi connectivity index (χ1) is 14.0. The number of carbonyl (C=O) groups is 2. The molecule has 1 aliphatic rings. The number of rotatable bonds is 5. The zero-order valence-electron chi connectivity index (χ0n) is 16.2. The fourth-order valence-corrected chi connectivity index (χ4v) is 3.57. The number of methoxy groups -OCH3 is 1. The van der Waals surface area contributed by atoms with E-state index in [-0.39, 0.29) is 18.4 Å². The van der Waals surface area contributed by atoms with Gasteiger partial charge in [-0.25, -0.2) is 9.18 Å². The lowest BCUT2D eigenvalue weighted by Gasteiger charge is -2.33. The van der Waals surface area contributed by atoms with Crippen LogP contribution in [0.3, 0.4) is 0 Å². The lowest BCUT2D eigenvalue weighted by atomic mass is 9.95. The average molecular weight is 395 g/mol. The van der Waals surface area contributed by atoms with Crippen molar-refractivity contribution in [2.75, 3.05) is 25.1 Å². The number of piperidine rings is 1. The van der Waals surface area contributed by atoms with Crippen LogP contribution in [0.15, 0.2) is 42.5 Å².